The minimum atomic E-state index is -2.96. The van der Waals surface area contributed by atoms with Gasteiger partial charge in [0, 0.05) is 56.2 Å². The van der Waals surface area contributed by atoms with E-state index in [4.69, 9.17) is 4.74 Å². The van der Waals surface area contributed by atoms with E-state index in [1.54, 1.807) is 19.3 Å². The molecule has 1 aliphatic heterocycles. The van der Waals surface area contributed by atoms with Crippen molar-refractivity contribution in [3.8, 4) is 0 Å². The third kappa shape index (κ3) is 5.14. The number of rotatable bonds is 7. The van der Waals surface area contributed by atoms with E-state index >= 15 is 0 Å². The van der Waals surface area contributed by atoms with Crippen molar-refractivity contribution < 1.29 is 13.2 Å². The number of hydrogen-bond acceptors (Lipinski definition) is 5. The number of hydrogen-bond donors (Lipinski definition) is 0. The van der Waals surface area contributed by atoms with Gasteiger partial charge in [0.15, 0.2) is 9.84 Å². The van der Waals surface area contributed by atoms with Gasteiger partial charge in [-0.1, -0.05) is 6.92 Å². The standard InChI is InChI=1S/C18H25N3O3S/c1-2-25(22,23)11-10-20-12-17-4-3-9-21(17)14-18(13-20)24-15-16-5-7-19-8-6-16/h3-9,18H,2,10-15H2,1H3. The summed E-state index contributed by atoms with van der Waals surface area (Å²) in [6.07, 6.45) is 5.60. The average molecular weight is 363 g/mol. The molecular formula is C18H25N3O3S. The largest absolute Gasteiger partial charge is 0.370 e. The van der Waals surface area contributed by atoms with Crippen molar-refractivity contribution in [3.05, 3.63) is 54.1 Å². The van der Waals surface area contributed by atoms with Crippen LogP contribution in [0.1, 0.15) is 18.2 Å². The minimum absolute atomic E-state index is 0.0196. The molecule has 25 heavy (non-hydrogen) atoms. The molecule has 0 radical (unpaired) electrons. The summed E-state index contributed by atoms with van der Waals surface area (Å²) in [5.41, 5.74) is 2.29. The average Bonchev–Trinajstić information content (AvgIpc) is 2.98. The summed E-state index contributed by atoms with van der Waals surface area (Å²) < 4.78 is 32.0. The number of aromatic nitrogens is 2. The highest BCUT2D eigenvalue weighted by Crippen LogP contribution is 2.16. The zero-order valence-corrected chi connectivity index (χ0v) is 15.4. The van der Waals surface area contributed by atoms with E-state index in [-0.39, 0.29) is 17.6 Å². The molecular weight excluding hydrogens is 338 g/mol. The summed E-state index contributed by atoms with van der Waals surface area (Å²) >= 11 is 0. The fourth-order valence-electron chi connectivity index (χ4n) is 3.01. The van der Waals surface area contributed by atoms with Gasteiger partial charge in [-0.25, -0.2) is 8.42 Å². The monoisotopic (exact) mass is 363 g/mol. The highest BCUT2D eigenvalue weighted by Gasteiger charge is 2.23. The van der Waals surface area contributed by atoms with Crippen molar-refractivity contribution in [2.45, 2.75) is 32.7 Å². The third-order valence-corrected chi connectivity index (χ3v) is 6.25. The van der Waals surface area contributed by atoms with Crippen molar-refractivity contribution in [1.29, 1.82) is 0 Å². The summed E-state index contributed by atoms with van der Waals surface area (Å²) in [5, 5.41) is 0. The predicted molar refractivity (Wildman–Crippen MR) is 96.9 cm³/mol. The van der Waals surface area contributed by atoms with Crippen LogP contribution < -0.4 is 0 Å². The Bertz CT molecular complexity index is 774. The molecule has 1 atom stereocenters. The van der Waals surface area contributed by atoms with Gasteiger partial charge in [-0.2, -0.15) is 0 Å². The van der Waals surface area contributed by atoms with Crippen molar-refractivity contribution in [1.82, 2.24) is 14.5 Å². The molecule has 2 aromatic rings. The highest BCUT2D eigenvalue weighted by atomic mass is 32.2. The lowest BCUT2D eigenvalue weighted by Gasteiger charge is -2.24. The Morgan fingerprint density at radius 2 is 2.04 bits per heavy atom. The van der Waals surface area contributed by atoms with Gasteiger partial charge in [0.05, 0.1) is 18.5 Å². The molecule has 0 amide bonds. The Morgan fingerprint density at radius 3 is 2.80 bits per heavy atom. The van der Waals surface area contributed by atoms with Crippen molar-refractivity contribution in [2.75, 3.05) is 24.6 Å². The van der Waals surface area contributed by atoms with Crippen molar-refractivity contribution >= 4 is 9.84 Å². The van der Waals surface area contributed by atoms with Crippen LogP contribution >= 0.6 is 0 Å². The van der Waals surface area contributed by atoms with Gasteiger partial charge in [0.1, 0.15) is 0 Å². The molecule has 1 unspecified atom stereocenters. The van der Waals surface area contributed by atoms with Crippen molar-refractivity contribution in [2.24, 2.45) is 0 Å². The second kappa shape index (κ2) is 8.12. The minimum Gasteiger partial charge on any atom is -0.370 e. The van der Waals surface area contributed by atoms with E-state index in [1.165, 1.54) is 5.69 Å². The highest BCUT2D eigenvalue weighted by molar-refractivity contribution is 7.91. The van der Waals surface area contributed by atoms with E-state index in [0.717, 1.165) is 25.2 Å². The third-order valence-electron chi connectivity index (χ3n) is 4.56. The lowest BCUT2D eigenvalue weighted by molar-refractivity contribution is 0.0112. The summed E-state index contributed by atoms with van der Waals surface area (Å²) in [7, 11) is -2.96. The molecule has 0 bridgehead atoms. The van der Waals surface area contributed by atoms with E-state index in [0.29, 0.717) is 13.2 Å². The smallest absolute Gasteiger partial charge is 0.151 e. The fourth-order valence-corrected chi connectivity index (χ4v) is 3.84. The van der Waals surface area contributed by atoms with Gasteiger partial charge >= 0.3 is 0 Å². The van der Waals surface area contributed by atoms with Crippen LogP contribution in [0, 0.1) is 0 Å². The number of pyridine rings is 1. The molecule has 0 aromatic carbocycles. The lowest BCUT2D eigenvalue weighted by atomic mass is 10.3. The van der Waals surface area contributed by atoms with Gasteiger partial charge < -0.3 is 9.30 Å². The molecule has 6 nitrogen and oxygen atoms in total. The molecule has 7 heteroatoms. The summed E-state index contributed by atoms with van der Waals surface area (Å²) in [6, 6.07) is 8.01. The molecule has 3 heterocycles. The molecule has 2 aromatic heterocycles. The molecule has 1 aliphatic rings. The van der Waals surface area contributed by atoms with Gasteiger partial charge in [0.2, 0.25) is 0 Å². The number of nitrogens with zero attached hydrogens (tertiary/aromatic N) is 3. The molecule has 0 saturated heterocycles. The van der Waals surface area contributed by atoms with Crippen LogP contribution in [-0.4, -0.2) is 53.6 Å². The molecule has 3 rings (SSSR count). The number of sulfone groups is 1. The van der Waals surface area contributed by atoms with E-state index < -0.39 is 9.84 Å². The molecule has 136 valence electrons. The van der Waals surface area contributed by atoms with Crippen LogP contribution in [-0.2, 0) is 34.3 Å². The summed E-state index contributed by atoms with van der Waals surface area (Å²) in [4.78, 5) is 6.20. The van der Waals surface area contributed by atoms with Gasteiger partial charge in [-0.05, 0) is 29.8 Å². The maximum absolute atomic E-state index is 11.8. The van der Waals surface area contributed by atoms with E-state index in [9.17, 15) is 8.42 Å². The molecule has 0 spiro atoms. The first-order chi connectivity index (χ1) is 12.1. The zero-order chi connectivity index (χ0) is 17.7. The predicted octanol–water partition coefficient (Wildman–Crippen LogP) is 1.72. The van der Waals surface area contributed by atoms with Gasteiger partial charge in [-0.15, -0.1) is 0 Å². The number of fused-ring (bicyclic) bond motifs is 1. The van der Waals surface area contributed by atoms with Crippen LogP contribution in [0.3, 0.4) is 0 Å². The first kappa shape index (κ1) is 18.1. The van der Waals surface area contributed by atoms with Gasteiger partial charge in [0.25, 0.3) is 0 Å². The molecule has 0 N–H and O–H groups in total. The Balaban J connectivity index is 1.66. The Hall–Kier alpha value is -1.70. The maximum Gasteiger partial charge on any atom is 0.151 e. The first-order valence-electron chi connectivity index (χ1n) is 8.63. The lowest BCUT2D eigenvalue weighted by Crippen LogP contribution is -2.36. The maximum atomic E-state index is 11.8. The first-order valence-corrected chi connectivity index (χ1v) is 10.4. The Kier molecular flexibility index (Phi) is 5.88. The Morgan fingerprint density at radius 1 is 1.24 bits per heavy atom. The SMILES string of the molecule is CCS(=O)(=O)CCN1Cc2cccn2CC(OCc2ccncc2)C1. The van der Waals surface area contributed by atoms with Crippen LogP contribution in [0.2, 0.25) is 0 Å². The normalized spacial score (nSPS) is 18.7. The molecule has 0 fully saturated rings. The quantitative estimate of drug-likeness (QED) is 0.749. The van der Waals surface area contributed by atoms with Crippen LogP contribution in [0.5, 0.6) is 0 Å². The summed E-state index contributed by atoms with van der Waals surface area (Å²) in [6.45, 7) is 5.03. The van der Waals surface area contributed by atoms with Crippen LogP contribution in [0.4, 0.5) is 0 Å². The van der Waals surface area contributed by atoms with Crippen LogP contribution in [0.25, 0.3) is 0 Å². The van der Waals surface area contributed by atoms with Gasteiger partial charge in [-0.3, -0.25) is 9.88 Å². The van der Waals surface area contributed by atoms with E-state index in [2.05, 4.69) is 26.7 Å². The molecule has 0 aliphatic carbocycles. The second-order valence-corrected chi connectivity index (χ2v) is 8.88. The number of ether oxygens (including phenoxy) is 1. The molecule has 0 saturated carbocycles. The second-order valence-electron chi connectivity index (χ2n) is 6.41. The topological polar surface area (TPSA) is 64.4 Å². The fraction of sp³-hybridized carbons (Fsp3) is 0.500. The zero-order valence-electron chi connectivity index (χ0n) is 14.5. The Labute approximate surface area is 149 Å². The summed E-state index contributed by atoms with van der Waals surface area (Å²) in [5.74, 6) is 0.389. The van der Waals surface area contributed by atoms with Crippen LogP contribution in [0.15, 0.2) is 42.9 Å². The van der Waals surface area contributed by atoms with Crippen molar-refractivity contribution in [3.63, 3.8) is 0 Å². The van der Waals surface area contributed by atoms with E-state index in [1.807, 2.05) is 18.2 Å².